The van der Waals surface area contributed by atoms with Crippen LogP contribution in [0.3, 0.4) is 0 Å². The summed E-state index contributed by atoms with van der Waals surface area (Å²) < 4.78 is 41.7. The number of aromatic carboxylic acids is 1. The number of halogens is 3. The SMILES string of the molecule is COc1ccc(C(=O)[O-])c(C(F)(F)F)c1. The van der Waals surface area contributed by atoms with Crippen LogP contribution in [0.1, 0.15) is 15.9 Å². The van der Waals surface area contributed by atoms with Crippen LogP contribution >= 0.6 is 0 Å². The molecule has 1 aromatic rings. The highest BCUT2D eigenvalue weighted by atomic mass is 19.4. The molecule has 0 fully saturated rings. The summed E-state index contributed by atoms with van der Waals surface area (Å²) in [4.78, 5) is 10.4. The van der Waals surface area contributed by atoms with Crippen molar-refractivity contribution in [3.05, 3.63) is 29.3 Å². The molecule has 0 aliphatic carbocycles. The van der Waals surface area contributed by atoms with Gasteiger partial charge in [-0.3, -0.25) is 0 Å². The van der Waals surface area contributed by atoms with E-state index in [1.54, 1.807) is 0 Å². The number of benzene rings is 1. The maximum atomic E-state index is 12.4. The number of ether oxygens (including phenoxy) is 1. The van der Waals surface area contributed by atoms with Crippen LogP contribution in [0.4, 0.5) is 13.2 Å². The number of carbonyl (C=O) groups is 1. The van der Waals surface area contributed by atoms with Gasteiger partial charge in [0.15, 0.2) is 0 Å². The van der Waals surface area contributed by atoms with Crippen LogP contribution in [0.2, 0.25) is 0 Å². The number of hydrogen-bond donors (Lipinski definition) is 0. The van der Waals surface area contributed by atoms with Gasteiger partial charge in [0.25, 0.3) is 0 Å². The monoisotopic (exact) mass is 219 g/mol. The number of carboxylic acid groups (broad SMARTS) is 1. The van der Waals surface area contributed by atoms with E-state index in [2.05, 4.69) is 4.74 Å². The molecule has 0 atom stereocenters. The average molecular weight is 219 g/mol. The molecule has 0 radical (unpaired) electrons. The molecule has 0 spiro atoms. The van der Waals surface area contributed by atoms with E-state index in [-0.39, 0.29) is 5.75 Å². The zero-order chi connectivity index (χ0) is 11.6. The Kier molecular flexibility index (Phi) is 2.88. The third kappa shape index (κ3) is 2.39. The van der Waals surface area contributed by atoms with Crippen molar-refractivity contribution in [1.29, 1.82) is 0 Å². The molecule has 0 unspecified atom stereocenters. The highest BCUT2D eigenvalue weighted by molar-refractivity contribution is 5.88. The van der Waals surface area contributed by atoms with Crippen molar-refractivity contribution in [1.82, 2.24) is 0 Å². The van der Waals surface area contributed by atoms with E-state index in [0.717, 1.165) is 12.1 Å². The topological polar surface area (TPSA) is 49.4 Å². The van der Waals surface area contributed by atoms with Crippen LogP contribution in [-0.4, -0.2) is 13.1 Å². The lowest BCUT2D eigenvalue weighted by atomic mass is 10.1. The van der Waals surface area contributed by atoms with Gasteiger partial charge in [0, 0.05) is 5.56 Å². The Labute approximate surface area is 83.1 Å². The first-order valence-electron chi connectivity index (χ1n) is 3.83. The van der Waals surface area contributed by atoms with Crippen LogP contribution in [0.25, 0.3) is 0 Å². The summed E-state index contributed by atoms with van der Waals surface area (Å²) in [6, 6.07) is 2.54. The van der Waals surface area contributed by atoms with Crippen molar-refractivity contribution in [3.63, 3.8) is 0 Å². The normalized spacial score (nSPS) is 11.2. The van der Waals surface area contributed by atoms with Gasteiger partial charge in [0.05, 0.1) is 18.6 Å². The molecular weight excluding hydrogens is 213 g/mol. The van der Waals surface area contributed by atoms with Crippen LogP contribution in [0.5, 0.6) is 5.75 Å². The van der Waals surface area contributed by atoms with E-state index >= 15 is 0 Å². The molecule has 0 saturated carbocycles. The van der Waals surface area contributed by atoms with E-state index in [1.807, 2.05) is 0 Å². The molecule has 82 valence electrons. The zero-order valence-corrected chi connectivity index (χ0v) is 7.59. The van der Waals surface area contributed by atoms with Crippen molar-refractivity contribution in [2.75, 3.05) is 7.11 Å². The summed E-state index contributed by atoms with van der Waals surface area (Å²) in [5.41, 5.74) is -2.18. The van der Waals surface area contributed by atoms with Crippen LogP contribution in [0, 0.1) is 0 Å². The predicted molar refractivity (Wildman–Crippen MR) is 42.3 cm³/mol. The number of hydrogen-bond acceptors (Lipinski definition) is 3. The van der Waals surface area contributed by atoms with E-state index in [4.69, 9.17) is 0 Å². The molecule has 0 N–H and O–H groups in total. The van der Waals surface area contributed by atoms with Gasteiger partial charge in [0.2, 0.25) is 0 Å². The second-order valence-electron chi connectivity index (χ2n) is 2.70. The highest BCUT2D eigenvalue weighted by Gasteiger charge is 2.34. The van der Waals surface area contributed by atoms with Crippen molar-refractivity contribution < 1.29 is 27.8 Å². The van der Waals surface area contributed by atoms with Gasteiger partial charge in [0.1, 0.15) is 5.75 Å². The van der Waals surface area contributed by atoms with Gasteiger partial charge >= 0.3 is 6.18 Å². The lowest BCUT2D eigenvalue weighted by Crippen LogP contribution is -2.26. The number of alkyl halides is 3. The molecule has 0 aliphatic rings. The molecule has 6 heteroatoms. The number of rotatable bonds is 2. The summed E-state index contributed by atoms with van der Waals surface area (Å²) in [7, 11) is 1.19. The molecule has 1 aromatic carbocycles. The summed E-state index contributed by atoms with van der Waals surface area (Å²) in [5.74, 6) is -1.93. The van der Waals surface area contributed by atoms with Crippen molar-refractivity contribution in [3.8, 4) is 5.75 Å². The molecule has 3 nitrogen and oxygen atoms in total. The molecule has 15 heavy (non-hydrogen) atoms. The van der Waals surface area contributed by atoms with E-state index in [0.29, 0.717) is 6.07 Å². The second kappa shape index (κ2) is 3.80. The molecule has 0 bridgehead atoms. The van der Waals surface area contributed by atoms with Gasteiger partial charge in [-0.05, 0) is 18.2 Å². The number of carbonyl (C=O) groups excluding carboxylic acids is 1. The highest BCUT2D eigenvalue weighted by Crippen LogP contribution is 2.34. The molecule has 0 heterocycles. The van der Waals surface area contributed by atoms with Crippen molar-refractivity contribution in [2.24, 2.45) is 0 Å². The number of carboxylic acids is 1. The van der Waals surface area contributed by atoms with Crippen LogP contribution < -0.4 is 9.84 Å². The quantitative estimate of drug-likeness (QED) is 0.747. The Morgan fingerprint density at radius 3 is 2.40 bits per heavy atom. The molecular formula is C9H6F3O3-. The molecule has 1 rings (SSSR count). The van der Waals surface area contributed by atoms with E-state index < -0.39 is 23.3 Å². The minimum absolute atomic E-state index is 0.0627. The maximum absolute atomic E-state index is 12.4. The van der Waals surface area contributed by atoms with Crippen molar-refractivity contribution >= 4 is 5.97 Å². The van der Waals surface area contributed by atoms with Gasteiger partial charge in [-0.1, -0.05) is 0 Å². The summed E-state index contributed by atoms with van der Waals surface area (Å²) >= 11 is 0. The summed E-state index contributed by atoms with van der Waals surface area (Å²) in [6.45, 7) is 0. The zero-order valence-electron chi connectivity index (χ0n) is 7.59. The van der Waals surface area contributed by atoms with Gasteiger partial charge in [-0.2, -0.15) is 13.2 Å². The lowest BCUT2D eigenvalue weighted by Gasteiger charge is -2.14. The maximum Gasteiger partial charge on any atom is 0.417 e. The Bertz CT molecular complexity index is 385. The second-order valence-corrected chi connectivity index (χ2v) is 2.70. The molecule has 0 aliphatic heterocycles. The first-order valence-corrected chi connectivity index (χ1v) is 3.83. The summed E-state index contributed by atoms with van der Waals surface area (Å²) in [6.07, 6.45) is -4.75. The standard InChI is InChI=1S/C9H7F3O3/c1-15-5-2-3-6(8(13)14)7(4-5)9(10,11)12/h2-4H,1H3,(H,13,14)/p-1. The van der Waals surface area contributed by atoms with Crippen LogP contribution in [0.15, 0.2) is 18.2 Å². The van der Waals surface area contributed by atoms with Crippen LogP contribution in [-0.2, 0) is 6.18 Å². The van der Waals surface area contributed by atoms with Gasteiger partial charge in [-0.15, -0.1) is 0 Å². The van der Waals surface area contributed by atoms with Crippen molar-refractivity contribution in [2.45, 2.75) is 6.18 Å². The Balaban J connectivity index is 3.36. The smallest absolute Gasteiger partial charge is 0.417 e. The first kappa shape index (κ1) is 11.4. The minimum atomic E-state index is -4.75. The number of methoxy groups -OCH3 is 1. The summed E-state index contributed by atoms with van der Waals surface area (Å²) in [5, 5.41) is 10.4. The fourth-order valence-corrected chi connectivity index (χ4v) is 1.06. The Morgan fingerprint density at radius 1 is 1.40 bits per heavy atom. The lowest BCUT2D eigenvalue weighted by molar-refractivity contribution is -0.255. The first-order chi connectivity index (χ1) is 6.86. The minimum Gasteiger partial charge on any atom is -0.545 e. The largest absolute Gasteiger partial charge is 0.545 e. The Morgan fingerprint density at radius 2 is 2.00 bits per heavy atom. The fraction of sp³-hybridized carbons (Fsp3) is 0.222. The third-order valence-corrected chi connectivity index (χ3v) is 1.75. The predicted octanol–water partition coefficient (Wildman–Crippen LogP) is 1.08. The van der Waals surface area contributed by atoms with E-state index in [9.17, 15) is 23.1 Å². The molecule has 0 amide bonds. The van der Waals surface area contributed by atoms with E-state index in [1.165, 1.54) is 7.11 Å². The van der Waals surface area contributed by atoms with Gasteiger partial charge < -0.3 is 14.6 Å². The van der Waals surface area contributed by atoms with Gasteiger partial charge in [-0.25, -0.2) is 0 Å². The fourth-order valence-electron chi connectivity index (χ4n) is 1.06. The average Bonchev–Trinajstić information content (AvgIpc) is 2.15. The Hall–Kier alpha value is -1.72. The molecule has 0 aromatic heterocycles. The molecule has 0 saturated heterocycles. The third-order valence-electron chi connectivity index (χ3n) is 1.75.